The van der Waals surface area contributed by atoms with Crippen molar-refractivity contribution in [3.05, 3.63) is 35.9 Å². The summed E-state index contributed by atoms with van der Waals surface area (Å²) in [5.41, 5.74) is 1.08. The van der Waals surface area contributed by atoms with Gasteiger partial charge in [0.25, 0.3) is 0 Å². The molecule has 114 valence electrons. The van der Waals surface area contributed by atoms with Gasteiger partial charge in [0.2, 0.25) is 0 Å². The van der Waals surface area contributed by atoms with Crippen molar-refractivity contribution in [3.63, 3.8) is 0 Å². The number of hydrogen-bond acceptors (Lipinski definition) is 4. The highest BCUT2D eigenvalue weighted by molar-refractivity contribution is 5.78. The molecule has 0 saturated carbocycles. The summed E-state index contributed by atoms with van der Waals surface area (Å²) in [6.07, 6.45) is 0.857. The Hall–Kier alpha value is -1.39. The minimum atomic E-state index is -0.290. The van der Waals surface area contributed by atoms with Crippen molar-refractivity contribution in [2.75, 3.05) is 39.3 Å². The van der Waals surface area contributed by atoms with Crippen molar-refractivity contribution in [1.29, 1.82) is 0 Å². The summed E-state index contributed by atoms with van der Waals surface area (Å²) in [5.74, 6) is -0.0192. The fourth-order valence-corrected chi connectivity index (χ4v) is 3.23. The number of nitrogens with zero attached hydrogens (tertiary/aromatic N) is 2. The number of hydrogen-bond donors (Lipinski definition) is 0. The Bertz CT molecular complexity index is 483. The third-order valence-electron chi connectivity index (χ3n) is 4.67. The molecule has 0 spiro atoms. The molecular formula is C17H24N2O2. The Kier molecular flexibility index (Phi) is 4.27. The molecule has 1 atom stereocenters. The molecule has 0 radical (unpaired) electrons. The Morgan fingerprint density at radius 2 is 1.76 bits per heavy atom. The molecule has 1 unspecified atom stereocenters. The summed E-state index contributed by atoms with van der Waals surface area (Å²) >= 11 is 0. The Labute approximate surface area is 126 Å². The van der Waals surface area contributed by atoms with E-state index in [0.717, 1.165) is 45.7 Å². The zero-order chi connectivity index (χ0) is 14.7. The number of piperazine rings is 1. The second-order valence-corrected chi connectivity index (χ2v) is 6.48. The highest BCUT2D eigenvalue weighted by atomic mass is 16.5. The maximum Gasteiger partial charge on any atom is 0.313 e. The molecule has 0 aromatic heterocycles. The summed E-state index contributed by atoms with van der Waals surface area (Å²) in [6, 6.07) is 10.6. The summed E-state index contributed by atoms with van der Waals surface area (Å²) in [7, 11) is 0. The summed E-state index contributed by atoms with van der Waals surface area (Å²) in [5, 5.41) is 0. The molecule has 2 saturated heterocycles. The third-order valence-corrected chi connectivity index (χ3v) is 4.67. The molecule has 0 amide bonds. The average Bonchev–Trinajstić information content (AvgIpc) is 2.82. The van der Waals surface area contributed by atoms with Crippen LogP contribution in [0.15, 0.2) is 30.3 Å². The quantitative estimate of drug-likeness (QED) is 0.790. The van der Waals surface area contributed by atoms with Crippen molar-refractivity contribution in [3.8, 4) is 0 Å². The van der Waals surface area contributed by atoms with Gasteiger partial charge >= 0.3 is 5.97 Å². The largest absolute Gasteiger partial charge is 0.465 e. The summed E-state index contributed by atoms with van der Waals surface area (Å²) in [4.78, 5) is 16.7. The van der Waals surface area contributed by atoms with Gasteiger partial charge in [0.1, 0.15) is 0 Å². The van der Waals surface area contributed by atoms with E-state index in [9.17, 15) is 4.79 Å². The predicted octanol–water partition coefficient (Wildman–Crippen LogP) is 1.76. The molecule has 2 aliphatic heterocycles. The van der Waals surface area contributed by atoms with Crippen LogP contribution in [-0.4, -0.2) is 55.1 Å². The Balaban J connectivity index is 1.48. The van der Waals surface area contributed by atoms with Crippen LogP contribution >= 0.6 is 0 Å². The van der Waals surface area contributed by atoms with Gasteiger partial charge in [-0.05, 0) is 18.9 Å². The molecule has 2 fully saturated rings. The maximum absolute atomic E-state index is 11.8. The standard InChI is InChI=1S/C17H24N2O2/c1-17(7-12-21-16(17)20)14-19-10-8-18(9-11-19)13-15-5-3-2-4-6-15/h2-6H,7-14H2,1H3. The van der Waals surface area contributed by atoms with Crippen molar-refractivity contribution >= 4 is 5.97 Å². The van der Waals surface area contributed by atoms with E-state index < -0.39 is 0 Å². The third kappa shape index (κ3) is 3.44. The first-order valence-corrected chi connectivity index (χ1v) is 7.82. The summed E-state index contributed by atoms with van der Waals surface area (Å²) in [6.45, 7) is 8.70. The molecule has 0 N–H and O–H groups in total. The number of rotatable bonds is 4. The topological polar surface area (TPSA) is 32.8 Å². The molecule has 4 heteroatoms. The van der Waals surface area contributed by atoms with E-state index in [4.69, 9.17) is 4.74 Å². The smallest absolute Gasteiger partial charge is 0.313 e. The Morgan fingerprint density at radius 1 is 1.10 bits per heavy atom. The monoisotopic (exact) mass is 288 g/mol. The number of benzene rings is 1. The first kappa shape index (κ1) is 14.5. The number of esters is 1. The highest BCUT2D eigenvalue weighted by Gasteiger charge is 2.41. The van der Waals surface area contributed by atoms with Gasteiger partial charge in [-0.15, -0.1) is 0 Å². The van der Waals surface area contributed by atoms with E-state index in [2.05, 4.69) is 40.1 Å². The minimum absolute atomic E-state index is 0.0192. The van der Waals surface area contributed by atoms with Crippen molar-refractivity contribution in [2.24, 2.45) is 5.41 Å². The van der Waals surface area contributed by atoms with E-state index >= 15 is 0 Å². The SMILES string of the molecule is CC1(CN2CCN(Cc3ccccc3)CC2)CCOC1=O. The normalized spacial score (nSPS) is 27.8. The maximum atomic E-state index is 11.8. The molecule has 2 heterocycles. The fourth-order valence-electron chi connectivity index (χ4n) is 3.23. The second-order valence-electron chi connectivity index (χ2n) is 6.48. The van der Waals surface area contributed by atoms with E-state index in [1.54, 1.807) is 0 Å². The molecule has 21 heavy (non-hydrogen) atoms. The highest BCUT2D eigenvalue weighted by Crippen LogP contribution is 2.30. The lowest BCUT2D eigenvalue weighted by molar-refractivity contribution is -0.146. The van der Waals surface area contributed by atoms with Crippen molar-refractivity contribution < 1.29 is 9.53 Å². The van der Waals surface area contributed by atoms with E-state index in [-0.39, 0.29) is 11.4 Å². The van der Waals surface area contributed by atoms with Crippen LogP contribution in [0.2, 0.25) is 0 Å². The lowest BCUT2D eigenvalue weighted by Crippen LogP contribution is -2.49. The van der Waals surface area contributed by atoms with Crippen LogP contribution in [0.25, 0.3) is 0 Å². The van der Waals surface area contributed by atoms with Crippen molar-refractivity contribution in [1.82, 2.24) is 9.80 Å². The first-order valence-electron chi connectivity index (χ1n) is 7.82. The van der Waals surface area contributed by atoms with E-state index in [0.29, 0.717) is 6.61 Å². The van der Waals surface area contributed by atoms with Gasteiger partial charge in [0.15, 0.2) is 0 Å². The van der Waals surface area contributed by atoms with Crippen LogP contribution in [0.4, 0.5) is 0 Å². The van der Waals surface area contributed by atoms with Crippen LogP contribution in [-0.2, 0) is 16.1 Å². The van der Waals surface area contributed by atoms with E-state index in [1.807, 2.05) is 6.92 Å². The van der Waals surface area contributed by atoms with Crippen LogP contribution < -0.4 is 0 Å². The number of carbonyl (C=O) groups excluding carboxylic acids is 1. The molecule has 1 aromatic rings. The number of cyclic esters (lactones) is 1. The van der Waals surface area contributed by atoms with Gasteiger partial charge in [-0.1, -0.05) is 30.3 Å². The first-order chi connectivity index (χ1) is 10.2. The van der Waals surface area contributed by atoms with Gasteiger partial charge in [-0.25, -0.2) is 0 Å². The van der Waals surface area contributed by atoms with Gasteiger partial charge in [0, 0.05) is 39.3 Å². The molecule has 4 nitrogen and oxygen atoms in total. The fraction of sp³-hybridized carbons (Fsp3) is 0.588. The zero-order valence-electron chi connectivity index (χ0n) is 12.8. The molecule has 3 rings (SSSR count). The number of ether oxygens (including phenoxy) is 1. The Morgan fingerprint density at radius 3 is 2.38 bits per heavy atom. The predicted molar refractivity (Wildman–Crippen MR) is 81.8 cm³/mol. The number of carbonyl (C=O) groups is 1. The van der Waals surface area contributed by atoms with Gasteiger partial charge in [0.05, 0.1) is 12.0 Å². The van der Waals surface area contributed by atoms with Crippen LogP contribution in [0, 0.1) is 5.41 Å². The van der Waals surface area contributed by atoms with Gasteiger partial charge in [-0.2, -0.15) is 0 Å². The molecular weight excluding hydrogens is 264 g/mol. The second kappa shape index (κ2) is 6.16. The van der Waals surface area contributed by atoms with Gasteiger partial charge < -0.3 is 4.74 Å². The molecule has 2 aliphatic rings. The van der Waals surface area contributed by atoms with E-state index in [1.165, 1.54) is 5.56 Å². The minimum Gasteiger partial charge on any atom is -0.465 e. The summed E-state index contributed by atoms with van der Waals surface area (Å²) < 4.78 is 5.13. The average molecular weight is 288 g/mol. The molecule has 1 aromatic carbocycles. The molecule has 0 bridgehead atoms. The van der Waals surface area contributed by atoms with Crippen LogP contribution in [0.5, 0.6) is 0 Å². The lowest BCUT2D eigenvalue weighted by Gasteiger charge is -2.37. The van der Waals surface area contributed by atoms with Crippen LogP contribution in [0.1, 0.15) is 18.9 Å². The lowest BCUT2D eigenvalue weighted by atomic mass is 9.88. The molecule has 0 aliphatic carbocycles. The zero-order valence-corrected chi connectivity index (χ0v) is 12.8. The van der Waals surface area contributed by atoms with Crippen molar-refractivity contribution in [2.45, 2.75) is 19.9 Å². The van der Waals surface area contributed by atoms with Gasteiger partial charge in [-0.3, -0.25) is 14.6 Å². The van der Waals surface area contributed by atoms with Crippen LogP contribution in [0.3, 0.4) is 0 Å².